The lowest BCUT2D eigenvalue weighted by atomic mass is 10.6. The Morgan fingerprint density at radius 2 is 2.75 bits per heavy atom. The minimum Gasteiger partial charge on any atom is -0.390 e. The van der Waals surface area contributed by atoms with E-state index < -0.39 is 0 Å². The predicted octanol–water partition coefficient (Wildman–Crippen LogP) is 0.504. The van der Waals surface area contributed by atoms with Crippen molar-refractivity contribution in [3.05, 3.63) is 0 Å². The summed E-state index contributed by atoms with van der Waals surface area (Å²) < 4.78 is 0. The van der Waals surface area contributed by atoms with Gasteiger partial charge in [0, 0.05) is 0 Å². The second-order valence-electron chi connectivity index (χ2n) is 1.55. The number of hydroxylamine groups is 1. The van der Waals surface area contributed by atoms with E-state index in [1.807, 2.05) is 6.92 Å². The van der Waals surface area contributed by atoms with Crippen molar-refractivity contribution in [2.75, 3.05) is 5.88 Å². The molecular weight excluding hydrogens is 128 g/mol. The molecule has 1 N–H and O–H groups in total. The maximum atomic E-state index is 5.38. The van der Waals surface area contributed by atoms with E-state index in [1.54, 1.807) is 0 Å². The zero-order chi connectivity index (χ0) is 5.98. The summed E-state index contributed by atoms with van der Waals surface area (Å²) in [4.78, 5) is 8.74. The molecule has 0 radical (unpaired) electrons. The third-order valence-electron chi connectivity index (χ3n) is 0.799. The van der Waals surface area contributed by atoms with Crippen molar-refractivity contribution in [2.45, 2.75) is 13.1 Å². The van der Waals surface area contributed by atoms with Gasteiger partial charge in [-0.1, -0.05) is 0 Å². The summed E-state index contributed by atoms with van der Waals surface area (Å²) in [6, 6.07) is 0. The van der Waals surface area contributed by atoms with Crippen LogP contribution in [-0.2, 0) is 4.84 Å². The molecule has 8 heavy (non-hydrogen) atoms. The standard InChI is InChI=1S/C4H7ClN2O/c1-3-6-4(2-5)8-7-3/h3,7H,2H2,1H3. The summed E-state index contributed by atoms with van der Waals surface area (Å²) in [5.41, 5.74) is 2.63. The first-order valence-electron chi connectivity index (χ1n) is 2.38. The molecule has 46 valence electrons. The van der Waals surface area contributed by atoms with Crippen LogP contribution < -0.4 is 5.48 Å². The maximum absolute atomic E-state index is 5.38. The van der Waals surface area contributed by atoms with Crippen LogP contribution >= 0.6 is 11.6 Å². The van der Waals surface area contributed by atoms with Crippen LogP contribution in [0.25, 0.3) is 0 Å². The van der Waals surface area contributed by atoms with Crippen molar-refractivity contribution in [3.8, 4) is 0 Å². The average molecular weight is 135 g/mol. The van der Waals surface area contributed by atoms with Crippen LogP contribution in [-0.4, -0.2) is 17.9 Å². The quantitative estimate of drug-likeness (QED) is 0.530. The largest absolute Gasteiger partial charge is 0.390 e. The molecule has 0 spiro atoms. The molecule has 0 aromatic carbocycles. The maximum Gasteiger partial charge on any atom is 0.225 e. The molecular formula is C4H7ClN2O. The SMILES string of the molecule is CC1N=C(CCl)ON1. The number of aliphatic imine (C=N–C) groups is 1. The second kappa shape index (κ2) is 2.33. The van der Waals surface area contributed by atoms with E-state index in [2.05, 4.69) is 10.5 Å². The van der Waals surface area contributed by atoms with Crippen molar-refractivity contribution in [2.24, 2.45) is 4.99 Å². The van der Waals surface area contributed by atoms with Crippen LogP contribution in [0.5, 0.6) is 0 Å². The third kappa shape index (κ3) is 1.11. The predicted molar refractivity (Wildman–Crippen MR) is 31.8 cm³/mol. The number of nitrogens with one attached hydrogen (secondary N) is 1. The molecule has 0 amide bonds. The zero-order valence-electron chi connectivity index (χ0n) is 4.52. The smallest absolute Gasteiger partial charge is 0.225 e. The molecule has 4 heteroatoms. The number of halogens is 1. The molecule has 0 aromatic heterocycles. The lowest BCUT2D eigenvalue weighted by molar-refractivity contribution is 0.184. The number of hydrogen-bond donors (Lipinski definition) is 1. The highest BCUT2D eigenvalue weighted by molar-refractivity contribution is 6.27. The second-order valence-corrected chi connectivity index (χ2v) is 1.82. The molecule has 1 rings (SSSR count). The molecule has 1 heterocycles. The average Bonchev–Trinajstić information content (AvgIpc) is 2.14. The molecule has 0 aromatic rings. The molecule has 0 bridgehead atoms. The van der Waals surface area contributed by atoms with E-state index in [1.165, 1.54) is 0 Å². The van der Waals surface area contributed by atoms with Crippen molar-refractivity contribution in [1.82, 2.24) is 5.48 Å². The molecule has 0 fully saturated rings. The number of rotatable bonds is 1. The van der Waals surface area contributed by atoms with Crippen LogP contribution in [0.4, 0.5) is 0 Å². The Balaban J connectivity index is 2.44. The molecule has 0 saturated heterocycles. The van der Waals surface area contributed by atoms with E-state index in [4.69, 9.17) is 16.4 Å². The van der Waals surface area contributed by atoms with Gasteiger partial charge in [0.1, 0.15) is 12.0 Å². The number of nitrogens with zero attached hydrogens (tertiary/aromatic N) is 1. The first-order valence-corrected chi connectivity index (χ1v) is 2.91. The number of hydrogen-bond acceptors (Lipinski definition) is 3. The van der Waals surface area contributed by atoms with Gasteiger partial charge in [0.05, 0.1) is 0 Å². The lowest BCUT2D eigenvalue weighted by Gasteiger charge is -1.94. The summed E-state index contributed by atoms with van der Waals surface area (Å²) in [7, 11) is 0. The van der Waals surface area contributed by atoms with Crippen molar-refractivity contribution in [3.63, 3.8) is 0 Å². The van der Waals surface area contributed by atoms with Gasteiger partial charge < -0.3 is 4.84 Å². The summed E-state index contributed by atoms with van der Waals surface area (Å²) in [5, 5.41) is 0. The van der Waals surface area contributed by atoms with E-state index in [0.717, 1.165) is 0 Å². The monoisotopic (exact) mass is 134 g/mol. The minimum atomic E-state index is 0.0590. The Bertz CT molecular complexity index is 115. The first kappa shape index (κ1) is 5.85. The van der Waals surface area contributed by atoms with Crippen LogP contribution in [0.15, 0.2) is 4.99 Å². The molecule has 0 saturated carbocycles. The Morgan fingerprint density at radius 3 is 3.00 bits per heavy atom. The summed E-state index contributed by atoms with van der Waals surface area (Å²) >= 11 is 5.38. The van der Waals surface area contributed by atoms with Crippen LogP contribution in [0.3, 0.4) is 0 Å². The van der Waals surface area contributed by atoms with Crippen LogP contribution in [0, 0.1) is 0 Å². The van der Waals surface area contributed by atoms with Crippen molar-refractivity contribution < 1.29 is 4.84 Å². The van der Waals surface area contributed by atoms with Gasteiger partial charge in [-0.3, -0.25) is 0 Å². The van der Waals surface area contributed by atoms with Gasteiger partial charge in [0.2, 0.25) is 5.90 Å². The Labute approximate surface area is 52.6 Å². The Kier molecular flexibility index (Phi) is 1.70. The Hall–Kier alpha value is -0.280. The van der Waals surface area contributed by atoms with E-state index in [9.17, 15) is 0 Å². The van der Waals surface area contributed by atoms with Crippen LogP contribution in [0.1, 0.15) is 6.92 Å². The van der Waals surface area contributed by atoms with Gasteiger partial charge in [0.25, 0.3) is 0 Å². The lowest BCUT2D eigenvalue weighted by Crippen LogP contribution is -2.17. The fourth-order valence-electron chi connectivity index (χ4n) is 0.484. The summed E-state index contributed by atoms with van der Waals surface area (Å²) in [5.74, 6) is 0.913. The van der Waals surface area contributed by atoms with Gasteiger partial charge in [-0.2, -0.15) is 0 Å². The van der Waals surface area contributed by atoms with Crippen molar-refractivity contribution >= 4 is 17.5 Å². The normalized spacial score (nSPS) is 27.2. The van der Waals surface area contributed by atoms with E-state index in [0.29, 0.717) is 11.8 Å². The highest BCUT2D eigenvalue weighted by atomic mass is 35.5. The molecule has 1 aliphatic rings. The van der Waals surface area contributed by atoms with Gasteiger partial charge in [0.15, 0.2) is 0 Å². The molecule has 1 unspecified atom stereocenters. The number of alkyl halides is 1. The molecule has 0 aliphatic carbocycles. The fourth-order valence-corrected chi connectivity index (χ4v) is 0.607. The molecule has 3 nitrogen and oxygen atoms in total. The summed E-state index contributed by atoms with van der Waals surface area (Å²) in [6.07, 6.45) is 0.0590. The van der Waals surface area contributed by atoms with Gasteiger partial charge >= 0.3 is 0 Å². The minimum absolute atomic E-state index is 0.0590. The van der Waals surface area contributed by atoms with Gasteiger partial charge in [-0.05, 0) is 6.92 Å². The van der Waals surface area contributed by atoms with Gasteiger partial charge in [-0.25, -0.2) is 4.99 Å². The third-order valence-corrected chi connectivity index (χ3v) is 1.03. The van der Waals surface area contributed by atoms with Gasteiger partial charge in [-0.15, -0.1) is 17.1 Å². The molecule has 1 atom stereocenters. The Morgan fingerprint density at radius 1 is 2.00 bits per heavy atom. The highest BCUT2D eigenvalue weighted by Crippen LogP contribution is 1.97. The molecule has 1 aliphatic heterocycles. The highest BCUT2D eigenvalue weighted by Gasteiger charge is 2.10. The van der Waals surface area contributed by atoms with E-state index in [-0.39, 0.29) is 6.17 Å². The van der Waals surface area contributed by atoms with Crippen molar-refractivity contribution in [1.29, 1.82) is 0 Å². The fraction of sp³-hybridized carbons (Fsp3) is 0.750. The zero-order valence-corrected chi connectivity index (χ0v) is 5.27. The first-order chi connectivity index (χ1) is 3.83. The van der Waals surface area contributed by atoms with E-state index >= 15 is 0 Å². The summed E-state index contributed by atoms with van der Waals surface area (Å²) in [6.45, 7) is 1.89. The van der Waals surface area contributed by atoms with Crippen LogP contribution in [0.2, 0.25) is 0 Å². The topological polar surface area (TPSA) is 33.6 Å².